The number of hydrogen-bond acceptors (Lipinski definition) is 5. The van der Waals surface area contributed by atoms with Crippen LogP contribution in [0.4, 0.5) is 0 Å². The third-order valence-corrected chi connectivity index (χ3v) is 8.79. The lowest BCUT2D eigenvalue weighted by Crippen LogP contribution is -2.49. The minimum atomic E-state index is -0.230. The molecular weight excluding hydrogens is 554 g/mol. The van der Waals surface area contributed by atoms with Gasteiger partial charge in [-0.05, 0) is 51.4 Å². The van der Waals surface area contributed by atoms with E-state index in [9.17, 15) is 9.59 Å². The monoisotopic (exact) mass is 589 g/mol. The first-order chi connectivity index (χ1) is 20.9. The van der Waals surface area contributed by atoms with E-state index in [2.05, 4.69) is 54.5 Å². The van der Waals surface area contributed by atoms with Gasteiger partial charge in [0.2, 0.25) is 5.91 Å². The largest absolute Gasteiger partial charge is 0.351 e. The average molecular weight is 590 g/mol. The number of carbonyl (C=O) groups is 2. The van der Waals surface area contributed by atoms with Gasteiger partial charge in [-0.1, -0.05) is 80.9 Å². The first kappa shape index (κ1) is 29.7. The summed E-state index contributed by atoms with van der Waals surface area (Å²) in [6.07, 6.45) is 4.47. The Morgan fingerprint density at radius 3 is 2.58 bits per heavy atom. The van der Waals surface area contributed by atoms with E-state index in [4.69, 9.17) is 5.26 Å². The SMILES string of the molecule is CC[C@H](C)[C@@H](CN(Cc1cccc2ccccc12)C(=O)c1cccs1)NC(=O)Cc1cncn1Cc1ccc(C#N)cc1. The normalized spacial score (nSPS) is 12.4. The highest BCUT2D eigenvalue weighted by molar-refractivity contribution is 7.12. The second kappa shape index (κ2) is 14.0. The third-order valence-electron chi connectivity index (χ3n) is 7.93. The van der Waals surface area contributed by atoms with Crippen molar-refractivity contribution in [2.24, 2.45) is 5.92 Å². The summed E-state index contributed by atoms with van der Waals surface area (Å²) in [5.41, 5.74) is 3.50. The lowest BCUT2D eigenvalue weighted by Gasteiger charge is -2.32. The highest BCUT2D eigenvalue weighted by Crippen LogP contribution is 2.23. The summed E-state index contributed by atoms with van der Waals surface area (Å²) in [7, 11) is 0. The number of hydrogen-bond donors (Lipinski definition) is 1. The van der Waals surface area contributed by atoms with Crippen molar-refractivity contribution in [2.75, 3.05) is 6.54 Å². The number of carbonyl (C=O) groups excluding carboxylic acids is 2. The summed E-state index contributed by atoms with van der Waals surface area (Å²) in [6, 6.07) is 27.5. The van der Waals surface area contributed by atoms with E-state index in [1.165, 1.54) is 11.3 Å². The van der Waals surface area contributed by atoms with Crippen LogP contribution in [-0.4, -0.2) is 38.9 Å². The molecule has 0 fully saturated rings. The summed E-state index contributed by atoms with van der Waals surface area (Å²) >= 11 is 1.43. The van der Waals surface area contributed by atoms with Gasteiger partial charge in [-0.2, -0.15) is 5.26 Å². The molecule has 0 spiro atoms. The van der Waals surface area contributed by atoms with Gasteiger partial charge in [-0.15, -0.1) is 11.3 Å². The second-order valence-corrected chi connectivity index (χ2v) is 11.8. The van der Waals surface area contributed by atoms with E-state index < -0.39 is 0 Å². The van der Waals surface area contributed by atoms with Crippen LogP contribution >= 0.6 is 11.3 Å². The Hall–Kier alpha value is -4.74. The molecule has 0 aliphatic carbocycles. The van der Waals surface area contributed by atoms with Gasteiger partial charge in [-0.25, -0.2) is 4.98 Å². The molecule has 7 nitrogen and oxygen atoms in total. The number of nitrogens with one attached hydrogen (secondary N) is 1. The number of imidazole rings is 1. The van der Waals surface area contributed by atoms with Crippen molar-refractivity contribution in [3.63, 3.8) is 0 Å². The maximum atomic E-state index is 13.8. The maximum Gasteiger partial charge on any atom is 0.264 e. The fourth-order valence-electron chi connectivity index (χ4n) is 5.24. The predicted molar refractivity (Wildman–Crippen MR) is 171 cm³/mol. The molecule has 0 unspecified atom stereocenters. The molecule has 1 N–H and O–H groups in total. The van der Waals surface area contributed by atoms with Crippen LogP contribution in [0.25, 0.3) is 10.8 Å². The highest BCUT2D eigenvalue weighted by Gasteiger charge is 2.26. The Morgan fingerprint density at radius 2 is 1.84 bits per heavy atom. The molecule has 8 heteroatoms. The zero-order chi connectivity index (χ0) is 30.2. The number of nitriles is 1. The van der Waals surface area contributed by atoms with Crippen molar-refractivity contribution in [3.05, 3.63) is 124 Å². The van der Waals surface area contributed by atoms with Crippen LogP contribution in [0.1, 0.15) is 52.3 Å². The quantitative estimate of drug-likeness (QED) is 0.182. The fraction of sp³-hybridized carbons (Fsp3) is 0.257. The first-order valence-electron chi connectivity index (χ1n) is 14.5. The molecule has 0 bridgehead atoms. The van der Waals surface area contributed by atoms with Crippen LogP contribution in [0.5, 0.6) is 0 Å². The van der Waals surface area contributed by atoms with Gasteiger partial charge in [0, 0.05) is 37.6 Å². The molecule has 5 aromatic rings. The molecule has 43 heavy (non-hydrogen) atoms. The van der Waals surface area contributed by atoms with E-state index in [0.29, 0.717) is 30.1 Å². The Kier molecular flexibility index (Phi) is 9.65. The molecule has 218 valence electrons. The van der Waals surface area contributed by atoms with E-state index in [1.807, 2.05) is 57.3 Å². The maximum absolute atomic E-state index is 13.8. The molecule has 2 heterocycles. The number of aromatic nitrogens is 2. The Bertz CT molecular complexity index is 1710. The van der Waals surface area contributed by atoms with Gasteiger partial charge >= 0.3 is 0 Å². The fourth-order valence-corrected chi connectivity index (χ4v) is 5.93. The summed E-state index contributed by atoms with van der Waals surface area (Å²) in [6.45, 7) is 5.61. The molecule has 0 saturated carbocycles. The number of amides is 2. The van der Waals surface area contributed by atoms with Gasteiger partial charge < -0.3 is 14.8 Å². The summed E-state index contributed by atoms with van der Waals surface area (Å²) in [5, 5.41) is 16.5. The summed E-state index contributed by atoms with van der Waals surface area (Å²) in [5.74, 6) is 0.00482. The van der Waals surface area contributed by atoms with Crippen molar-refractivity contribution < 1.29 is 9.59 Å². The summed E-state index contributed by atoms with van der Waals surface area (Å²) < 4.78 is 1.95. The van der Waals surface area contributed by atoms with Gasteiger partial charge in [-0.3, -0.25) is 9.59 Å². The number of thiophene rings is 1. The van der Waals surface area contributed by atoms with Crippen molar-refractivity contribution in [3.8, 4) is 6.07 Å². The minimum absolute atomic E-state index is 0.0361. The molecule has 2 aromatic heterocycles. The second-order valence-electron chi connectivity index (χ2n) is 10.9. The Labute approximate surface area is 256 Å². The van der Waals surface area contributed by atoms with Crippen LogP contribution < -0.4 is 5.32 Å². The van der Waals surface area contributed by atoms with E-state index in [1.54, 1.807) is 24.7 Å². The topological polar surface area (TPSA) is 91.0 Å². The van der Waals surface area contributed by atoms with Crippen LogP contribution in [-0.2, 0) is 24.3 Å². The van der Waals surface area contributed by atoms with E-state index in [0.717, 1.165) is 34.0 Å². The molecule has 3 aromatic carbocycles. The number of benzene rings is 3. The van der Waals surface area contributed by atoms with Gasteiger partial charge in [0.15, 0.2) is 0 Å². The van der Waals surface area contributed by atoms with Crippen molar-refractivity contribution in [2.45, 2.75) is 45.8 Å². The molecule has 0 radical (unpaired) electrons. The third kappa shape index (κ3) is 7.37. The molecule has 0 aliphatic heterocycles. The number of nitrogens with zero attached hydrogens (tertiary/aromatic N) is 4. The average Bonchev–Trinajstić information content (AvgIpc) is 3.73. The number of fused-ring (bicyclic) bond motifs is 1. The molecule has 2 atom stereocenters. The smallest absolute Gasteiger partial charge is 0.264 e. The zero-order valence-electron chi connectivity index (χ0n) is 24.4. The Balaban J connectivity index is 1.34. The van der Waals surface area contributed by atoms with Crippen molar-refractivity contribution in [1.29, 1.82) is 5.26 Å². The van der Waals surface area contributed by atoms with Crippen LogP contribution in [0.15, 0.2) is 96.8 Å². The predicted octanol–water partition coefficient (Wildman–Crippen LogP) is 6.43. The van der Waals surface area contributed by atoms with Crippen LogP contribution in [0.3, 0.4) is 0 Å². The minimum Gasteiger partial charge on any atom is -0.351 e. The number of rotatable bonds is 12. The molecule has 5 rings (SSSR count). The van der Waals surface area contributed by atoms with Crippen LogP contribution in [0, 0.1) is 17.2 Å². The van der Waals surface area contributed by atoms with Crippen molar-refractivity contribution >= 4 is 33.9 Å². The first-order valence-corrected chi connectivity index (χ1v) is 15.4. The molecule has 0 aliphatic rings. The molecule has 2 amide bonds. The standard InChI is InChI=1S/C35H35N5O2S/c1-3-25(2)32(38-34(41)18-30-20-37-24-40(30)21-27-15-13-26(19-36)14-16-27)23-39(35(42)33-12-7-17-43-33)22-29-10-6-9-28-8-4-5-11-31(28)29/h4-17,20,24-25,32H,3,18,21-23H2,1-2H3,(H,38,41)/t25-,32+/m0/s1. The van der Waals surface area contributed by atoms with E-state index in [-0.39, 0.29) is 30.2 Å². The van der Waals surface area contributed by atoms with Crippen LogP contribution in [0.2, 0.25) is 0 Å². The molecular formula is C35H35N5O2S. The zero-order valence-corrected chi connectivity index (χ0v) is 25.3. The van der Waals surface area contributed by atoms with E-state index >= 15 is 0 Å². The van der Waals surface area contributed by atoms with Crippen molar-refractivity contribution in [1.82, 2.24) is 19.8 Å². The lowest BCUT2D eigenvalue weighted by molar-refractivity contribution is -0.121. The molecule has 0 saturated heterocycles. The highest BCUT2D eigenvalue weighted by atomic mass is 32.1. The lowest BCUT2D eigenvalue weighted by atomic mass is 9.97. The Morgan fingerprint density at radius 1 is 1.05 bits per heavy atom. The van der Waals surface area contributed by atoms with Gasteiger partial charge in [0.1, 0.15) is 0 Å². The van der Waals surface area contributed by atoms with Gasteiger partial charge in [0.05, 0.1) is 29.3 Å². The van der Waals surface area contributed by atoms with Gasteiger partial charge in [0.25, 0.3) is 5.91 Å². The summed E-state index contributed by atoms with van der Waals surface area (Å²) in [4.78, 5) is 34.1.